The van der Waals surface area contributed by atoms with Crippen LogP contribution < -0.4 is 5.32 Å². The fraction of sp³-hybridized carbons (Fsp3) is 0.407. The van der Waals surface area contributed by atoms with Crippen LogP contribution in [0.3, 0.4) is 0 Å². The van der Waals surface area contributed by atoms with E-state index in [0.717, 1.165) is 31.5 Å². The molecule has 0 unspecified atom stereocenters. The van der Waals surface area contributed by atoms with Gasteiger partial charge in [0.25, 0.3) is 0 Å². The van der Waals surface area contributed by atoms with Gasteiger partial charge in [-0.1, -0.05) is 62.3 Å². The molecule has 2 aromatic carbocycles. The number of rotatable bonds is 6. The van der Waals surface area contributed by atoms with Crippen LogP contribution in [0.4, 0.5) is 5.69 Å². The van der Waals surface area contributed by atoms with E-state index in [0.29, 0.717) is 29.5 Å². The van der Waals surface area contributed by atoms with E-state index in [9.17, 15) is 9.59 Å². The van der Waals surface area contributed by atoms with Crippen LogP contribution in [0.25, 0.3) is 11.4 Å². The van der Waals surface area contributed by atoms with Gasteiger partial charge < -0.3 is 9.84 Å². The minimum atomic E-state index is -0.0585. The maximum atomic E-state index is 12.7. The maximum absolute atomic E-state index is 12.7. The lowest BCUT2D eigenvalue weighted by molar-refractivity contribution is -0.121. The number of piperidine rings is 1. The van der Waals surface area contributed by atoms with Crippen LogP contribution in [-0.4, -0.2) is 39.8 Å². The molecule has 1 saturated heterocycles. The Kier molecular flexibility index (Phi) is 6.93. The van der Waals surface area contributed by atoms with E-state index in [1.165, 1.54) is 12.5 Å². The van der Waals surface area contributed by atoms with Gasteiger partial charge in [0.2, 0.25) is 17.6 Å². The summed E-state index contributed by atoms with van der Waals surface area (Å²) in [5.41, 5.74) is 3.55. The van der Waals surface area contributed by atoms with Crippen LogP contribution in [0, 0.1) is 5.92 Å². The summed E-state index contributed by atoms with van der Waals surface area (Å²) < 4.78 is 5.49. The number of nitrogens with zero attached hydrogens (tertiary/aromatic N) is 3. The lowest BCUT2D eigenvalue weighted by atomic mass is 9.87. The summed E-state index contributed by atoms with van der Waals surface area (Å²) in [6.45, 7) is 10.2. The molecule has 0 saturated carbocycles. The lowest BCUT2D eigenvalue weighted by Crippen LogP contribution is -2.37. The minimum Gasteiger partial charge on any atom is -0.338 e. The van der Waals surface area contributed by atoms with E-state index in [2.05, 4.69) is 53.3 Å². The van der Waals surface area contributed by atoms with Gasteiger partial charge in [0.1, 0.15) is 0 Å². The number of amides is 1. The molecule has 34 heavy (non-hydrogen) atoms. The van der Waals surface area contributed by atoms with E-state index in [4.69, 9.17) is 4.52 Å². The molecule has 1 fully saturated rings. The quantitative estimate of drug-likeness (QED) is 0.516. The summed E-state index contributed by atoms with van der Waals surface area (Å²) in [5.74, 6) is 1.10. The van der Waals surface area contributed by atoms with Crippen molar-refractivity contribution < 1.29 is 14.1 Å². The Labute approximate surface area is 200 Å². The highest BCUT2D eigenvalue weighted by Crippen LogP contribution is 2.26. The Morgan fingerprint density at radius 3 is 2.44 bits per heavy atom. The highest BCUT2D eigenvalue weighted by Gasteiger charge is 2.26. The Balaban J connectivity index is 1.29. The molecular formula is C27H32N4O3. The van der Waals surface area contributed by atoms with Crippen molar-refractivity contribution in [3.63, 3.8) is 0 Å². The third-order valence-corrected chi connectivity index (χ3v) is 6.33. The second-order valence-electron chi connectivity index (χ2n) is 10.0. The van der Waals surface area contributed by atoms with Crippen LogP contribution in [0.5, 0.6) is 0 Å². The van der Waals surface area contributed by atoms with Crippen molar-refractivity contribution in [2.75, 3.05) is 18.4 Å². The number of benzene rings is 2. The van der Waals surface area contributed by atoms with Crippen molar-refractivity contribution in [1.29, 1.82) is 0 Å². The molecule has 0 radical (unpaired) electrons. The molecule has 1 aliphatic rings. The van der Waals surface area contributed by atoms with Crippen molar-refractivity contribution >= 4 is 17.4 Å². The molecule has 1 N–H and O–H groups in total. The van der Waals surface area contributed by atoms with Gasteiger partial charge in [0.05, 0.1) is 6.54 Å². The number of likely N-dealkylation sites (tertiary alicyclic amines) is 1. The molecule has 2 heterocycles. The first-order valence-corrected chi connectivity index (χ1v) is 11.8. The molecule has 4 rings (SSSR count). The average Bonchev–Trinajstić information content (AvgIpc) is 3.27. The molecule has 0 spiro atoms. The molecular weight excluding hydrogens is 428 g/mol. The summed E-state index contributed by atoms with van der Waals surface area (Å²) in [4.78, 5) is 31.1. The molecule has 7 heteroatoms. The van der Waals surface area contributed by atoms with Crippen molar-refractivity contribution in [2.45, 2.75) is 52.5 Å². The first-order chi connectivity index (χ1) is 16.2. The van der Waals surface area contributed by atoms with E-state index < -0.39 is 0 Å². The predicted octanol–water partition coefficient (Wildman–Crippen LogP) is 5.09. The molecule has 0 bridgehead atoms. The van der Waals surface area contributed by atoms with Crippen molar-refractivity contribution in [3.05, 3.63) is 65.5 Å². The van der Waals surface area contributed by atoms with E-state index >= 15 is 0 Å². The van der Waals surface area contributed by atoms with Gasteiger partial charge in [-0.25, -0.2) is 0 Å². The summed E-state index contributed by atoms with van der Waals surface area (Å²) in [6.07, 6.45) is 1.51. The van der Waals surface area contributed by atoms with Gasteiger partial charge in [0, 0.05) is 22.7 Å². The molecule has 1 aromatic heterocycles. The average molecular weight is 461 g/mol. The van der Waals surface area contributed by atoms with Gasteiger partial charge in [-0.2, -0.15) is 4.98 Å². The molecule has 0 aliphatic carbocycles. The number of aromatic nitrogens is 2. The molecule has 1 aliphatic heterocycles. The molecule has 178 valence electrons. The standard InChI is InChI=1S/C27H32N4O3/c1-18(32)21-6-5-7-23(16-21)28-26(33)20-12-14-31(15-13-20)17-24-29-25(30-34-24)19-8-10-22(11-9-19)27(2,3)4/h5-11,16,20H,12-15,17H2,1-4H3,(H,28,33). The Hall–Kier alpha value is -3.32. The largest absolute Gasteiger partial charge is 0.338 e. The van der Waals surface area contributed by atoms with Gasteiger partial charge in [0.15, 0.2) is 5.78 Å². The zero-order chi connectivity index (χ0) is 24.3. The predicted molar refractivity (Wildman–Crippen MR) is 132 cm³/mol. The third-order valence-electron chi connectivity index (χ3n) is 6.33. The fourth-order valence-electron chi connectivity index (χ4n) is 4.16. The first-order valence-electron chi connectivity index (χ1n) is 11.8. The molecule has 0 atom stereocenters. The normalized spacial score (nSPS) is 15.3. The lowest BCUT2D eigenvalue weighted by Gasteiger charge is -2.30. The summed E-state index contributed by atoms with van der Waals surface area (Å²) in [6, 6.07) is 15.3. The van der Waals surface area contributed by atoms with Crippen LogP contribution >= 0.6 is 0 Å². The van der Waals surface area contributed by atoms with Crippen LogP contribution in [0.1, 0.15) is 62.3 Å². The third kappa shape index (κ3) is 5.78. The SMILES string of the molecule is CC(=O)c1cccc(NC(=O)C2CCN(Cc3nc(-c4ccc(C(C)(C)C)cc4)no3)CC2)c1. The number of hydrogen-bond donors (Lipinski definition) is 1. The number of carbonyl (C=O) groups is 2. The number of carbonyl (C=O) groups excluding carboxylic acids is 2. The number of hydrogen-bond acceptors (Lipinski definition) is 6. The highest BCUT2D eigenvalue weighted by molar-refractivity contribution is 5.97. The van der Waals surface area contributed by atoms with Gasteiger partial charge in [-0.05, 0) is 56.0 Å². The summed E-state index contributed by atoms with van der Waals surface area (Å²) >= 11 is 0. The number of Topliss-reactive ketones (excluding diaryl/α,β-unsaturated/α-hetero) is 1. The van der Waals surface area contributed by atoms with Crippen molar-refractivity contribution in [3.8, 4) is 11.4 Å². The highest BCUT2D eigenvalue weighted by atomic mass is 16.5. The second kappa shape index (κ2) is 9.89. The second-order valence-corrected chi connectivity index (χ2v) is 10.0. The van der Waals surface area contributed by atoms with E-state index in [1.807, 2.05) is 18.2 Å². The van der Waals surface area contributed by atoms with Crippen LogP contribution in [-0.2, 0) is 16.8 Å². The van der Waals surface area contributed by atoms with E-state index in [-0.39, 0.29) is 23.0 Å². The minimum absolute atomic E-state index is 0.000803. The van der Waals surface area contributed by atoms with E-state index in [1.54, 1.807) is 18.2 Å². The summed E-state index contributed by atoms with van der Waals surface area (Å²) in [7, 11) is 0. The zero-order valence-corrected chi connectivity index (χ0v) is 20.3. The number of anilines is 1. The maximum Gasteiger partial charge on any atom is 0.241 e. The molecule has 3 aromatic rings. The van der Waals surface area contributed by atoms with Gasteiger partial charge in [-0.3, -0.25) is 14.5 Å². The smallest absolute Gasteiger partial charge is 0.241 e. The number of nitrogens with one attached hydrogen (secondary N) is 1. The Morgan fingerprint density at radius 1 is 1.09 bits per heavy atom. The van der Waals surface area contributed by atoms with Crippen molar-refractivity contribution in [1.82, 2.24) is 15.0 Å². The van der Waals surface area contributed by atoms with Crippen LogP contribution in [0.2, 0.25) is 0 Å². The first kappa shape index (κ1) is 23.8. The van der Waals surface area contributed by atoms with Gasteiger partial charge in [-0.15, -0.1) is 0 Å². The van der Waals surface area contributed by atoms with Crippen LogP contribution in [0.15, 0.2) is 53.1 Å². The monoisotopic (exact) mass is 460 g/mol. The zero-order valence-electron chi connectivity index (χ0n) is 20.3. The Bertz CT molecular complexity index is 1150. The Morgan fingerprint density at radius 2 is 1.79 bits per heavy atom. The molecule has 7 nitrogen and oxygen atoms in total. The summed E-state index contributed by atoms with van der Waals surface area (Å²) in [5, 5.41) is 7.11. The fourth-order valence-corrected chi connectivity index (χ4v) is 4.16. The number of ketones is 1. The molecule has 1 amide bonds. The van der Waals surface area contributed by atoms with Crippen molar-refractivity contribution in [2.24, 2.45) is 5.92 Å². The topological polar surface area (TPSA) is 88.3 Å². The van der Waals surface area contributed by atoms with Gasteiger partial charge >= 0.3 is 0 Å².